The van der Waals surface area contributed by atoms with Crippen molar-refractivity contribution in [3.8, 4) is 22.3 Å². The quantitative estimate of drug-likeness (QED) is 0.0942. The van der Waals surface area contributed by atoms with Crippen molar-refractivity contribution in [2.24, 2.45) is 0 Å². The van der Waals surface area contributed by atoms with E-state index in [4.69, 9.17) is 17.3 Å². The number of hydrogen-bond acceptors (Lipinski definition) is 5. The van der Waals surface area contributed by atoms with Crippen LogP contribution in [0.3, 0.4) is 0 Å². The van der Waals surface area contributed by atoms with Crippen LogP contribution in [0.25, 0.3) is 22.3 Å². The van der Waals surface area contributed by atoms with E-state index in [-0.39, 0.29) is 37.0 Å². The van der Waals surface area contributed by atoms with Crippen molar-refractivity contribution in [3.63, 3.8) is 0 Å². The summed E-state index contributed by atoms with van der Waals surface area (Å²) in [6.45, 7) is 4.38. The number of aromatic nitrogens is 1. The first kappa shape index (κ1) is 34.3. The smallest absolute Gasteiger partial charge is 0.305 e. The predicted molar refractivity (Wildman–Crippen MR) is 183 cm³/mol. The molecule has 0 unspecified atom stereocenters. The normalized spacial score (nSPS) is 12.4. The summed E-state index contributed by atoms with van der Waals surface area (Å²) in [5.41, 5.74) is 5.66. The lowest BCUT2D eigenvalue weighted by Crippen LogP contribution is -2.26. The monoisotopic (exact) mass is 646 g/mol. The van der Waals surface area contributed by atoms with Gasteiger partial charge in [0, 0.05) is 36.6 Å². The zero-order valence-electron chi connectivity index (χ0n) is 26.0. The van der Waals surface area contributed by atoms with Gasteiger partial charge < -0.3 is 35.8 Å². The van der Waals surface area contributed by atoms with E-state index in [0.717, 1.165) is 33.5 Å². The third kappa shape index (κ3) is 8.57. The Kier molecular flexibility index (Phi) is 11.6. The Hall–Kier alpha value is -4.58. The lowest BCUT2D eigenvalue weighted by molar-refractivity contribution is -0.139. The molecule has 1 aromatic heterocycles. The molecule has 2 atom stereocenters. The number of thiocarbonyl (C=S) groups is 1. The van der Waals surface area contributed by atoms with Gasteiger partial charge in [-0.3, -0.25) is 9.59 Å². The van der Waals surface area contributed by atoms with Gasteiger partial charge in [-0.25, -0.2) is 4.39 Å². The summed E-state index contributed by atoms with van der Waals surface area (Å²) in [4.78, 5) is 24.8. The SMILES string of the molecule is CNC(=S)Nc1c(-c2ccc(F)cc2)cc(NC(=O)c2cccn2CC[C@@H](O)C[C@@H](O)CC(=O)O)c(-c2ccccc2)c1C(C)C. The molecule has 4 aromatic rings. The number of amides is 1. The Morgan fingerprint density at radius 3 is 2.26 bits per heavy atom. The van der Waals surface area contributed by atoms with Crippen LogP contribution >= 0.6 is 12.2 Å². The number of aryl methyl sites for hydroxylation is 1. The summed E-state index contributed by atoms with van der Waals surface area (Å²) in [6, 6.07) is 21.1. The van der Waals surface area contributed by atoms with E-state index in [0.29, 0.717) is 16.5 Å². The van der Waals surface area contributed by atoms with E-state index < -0.39 is 24.6 Å². The summed E-state index contributed by atoms with van der Waals surface area (Å²) in [5, 5.41) is 39.0. The van der Waals surface area contributed by atoms with Crippen molar-refractivity contribution >= 4 is 40.6 Å². The Balaban J connectivity index is 1.77. The van der Waals surface area contributed by atoms with E-state index in [1.165, 1.54) is 12.1 Å². The summed E-state index contributed by atoms with van der Waals surface area (Å²) in [5.74, 6) is -1.93. The van der Waals surface area contributed by atoms with Gasteiger partial charge in [-0.1, -0.05) is 56.3 Å². The van der Waals surface area contributed by atoms with E-state index >= 15 is 0 Å². The van der Waals surface area contributed by atoms with E-state index in [9.17, 15) is 24.2 Å². The maximum Gasteiger partial charge on any atom is 0.305 e. The Bertz CT molecular complexity index is 1670. The maximum absolute atomic E-state index is 14.0. The average Bonchev–Trinajstić information content (AvgIpc) is 3.49. The molecule has 0 aliphatic heterocycles. The first-order valence-corrected chi connectivity index (χ1v) is 15.4. The summed E-state index contributed by atoms with van der Waals surface area (Å²) < 4.78 is 15.7. The number of carbonyl (C=O) groups is 2. The molecule has 0 fully saturated rings. The average molecular weight is 647 g/mol. The van der Waals surface area contributed by atoms with Crippen LogP contribution in [0.5, 0.6) is 0 Å². The molecular weight excluding hydrogens is 607 g/mol. The molecule has 0 saturated heterocycles. The number of aliphatic carboxylic acids is 1. The molecule has 1 amide bonds. The highest BCUT2D eigenvalue weighted by molar-refractivity contribution is 7.80. The van der Waals surface area contributed by atoms with Gasteiger partial charge in [0.1, 0.15) is 11.5 Å². The molecule has 1 heterocycles. The zero-order valence-corrected chi connectivity index (χ0v) is 26.8. The number of benzene rings is 3. The van der Waals surface area contributed by atoms with Gasteiger partial charge >= 0.3 is 5.97 Å². The second-order valence-electron chi connectivity index (χ2n) is 11.3. The first-order valence-electron chi connectivity index (χ1n) is 15.0. The third-order valence-electron chi connectivity index (χ3n) is 7.59. The van der Waals surface area contributed by atoms with Crippen molar-refractivity contribution < 1.29 is 29.3 Å². The maximum atomic E-state index is 14.0. The summed E-state index contributed by atoms with van der Waals surface area (Å²) >= 11 is 5.52. The lowest BCUT2D eigenvalue weighted by Gasteiger charge is -2.26. The summed E-state index contributed by atoms with van der Waals surface area (Å²) in [6.07, 6.45) is -0.723. The van der Waals surface area contributed by atoms with E-state index in [2.05, 4.69) is 29.8 Å². The topological polar surface area (TPSA) is 136 Å². The molecule has 9 nitrogen and oxygen atoms in total. The van der Waals surface area contributed by atoms with Gasteiger partial charge in [0.25, 0.3) is 5.91 Å². The zero-order chi connectivity index (χ0) is 33.4. The molecule has 0 bridgehead atoms. The minimum Gasteiger partial charge on any atom is -0.481 e. The molecule has 242 valence electrons. The fraction of sp³-hybridized carbons (Fsp3) is 0.286. The number of carboxylic acid groups (broad SMARTS) is 1. The fourth-order valence-corrected chi connectivity index (χ4v) is 5.57. The van der Waals surface area contributed by atoms with Crippen LogP contribution in [-0.2, 0) is 11.3 Å². The largest absolute Gasteiger partial charge is 0.481 e. The van der Waals surface area contributed by atoms with Crippen molar-refractivity contribution in [1.82, 2.24) is 9.88 Å². The fourth-order valence-electron chi connectivity index (χ4n) is 5.47. The Morgan fingerprint density at radius 2 is 1.63 bits per heavy atom. The molecule has 3 aromatic carbocycles. The van der Waals surface area contributed by atoms with Gasteiger partial charge in [-0.2, -0.15) is 0 Å². The number of nitrogens with one attached hydrogen (secondary N) is 3. The van der Waals surface area contributed by atoms with Crippen LogP contribution < -0.4 is 16.0 Å². The molecule has 0 saturated carbocycles. The second-order valence-corrected chi connectivity index (χ2v) is 11.7. The molecule has 0 aliphatic carbocycles. The van der Waals surface area contributed by atoms with Crippen molar-refractivity contribution in [2.45, 2.75) is 57.8 Å². The van der Waals surface area contributed by atoms with Crippen LogP contribution in [0, 0.1) is 5.82 Å². The number of nitrogens with zero attached hydrogens (tertiary/aromatic N) is 1. The van der Waals surface area contributed by atoms with Crippen LogP contribution in [0.1, 0.15) is 55.1 Å². The van der Waals surface area contributed by atoms with Gasteiger partial charge in [-0.15, -0.1) is 0 Å². The molecule has 11 heteroatoms. The molecule has 6 N–H and O–H groups in total. The van der Waals surface area contributed by atoms with Crippen molar-refractivity contribution in [2.75, 3.05) is 17.7 Å². The molecule has 46 heavy (non-hydrogen) atoms. The number of halogens is 1. The van der Waals surface area contributed by atoms with Gasteiger partial charge in [0.05, 0.1) is 24.3 Å². The lowest BCUT2D eigenvalue weighted by atomic mass is 9.85. The van der Waals surface area contributed by atoms with E-state index in [1.54, 1.807) is 42.1 Å². The van der Waals surface area contributed by atoms with Gasteiger partial charge in [0.15, 0.2) is 5.11 Å². The van der Waals surface area contributed by atoms with E-state index in [1.807, 2.05) is 36.4 Å². The summed E-state index contributed by atoms with van der Waals surface area (Å²) in [7, 11) is 1.72. The molecule has 0 radical (unpaired) electrons. The number of rotatable bonds is 13. The van der Waals surface area contributed by atoms with Crippen LogP contribution in [0.4, 0.5) is 15.8 Å². The molecular formula is C35H39FN4O5S. The number of aliphatic hydroxyl groups is 2. The van der Waals surface area contributed by atoms with Gasteiger partial charge in [-0.05, 0) is 78.0 Å². The number of aliphatic hydroxyl groups excluding tert-OH is 2. The number of hydrogen-bond donors (Lipinski definition) is 6. The molecule has 0 spiro atoms. The highest BCUT2D eigenvalue weighted by atomic mass is 32.1. The highest BCUT2D eigenvalue weighted by Gasteiger charge is 2.25. The number of anilines is 2. The third-order valence-corrected chi connectivity index (χ3v) is 7.90. The Morgan fingerprint density at radius 1 is 0.935 bits per heavy atom. The van der Waals surface area contributed by atoms with Crippen LogP contribution in [0.2, 0.25) is 0 Å². The van der Waals surface area contributed by atoms with Gasteiger partial charge in [0.2, 0.25) is 0 Å². The number of carbonyl (C=O) groups excluding carboxylic acids is 1. The second kappa shape index (κ2) is 15.6. The van der Waals surface area contributed by atoms with Crippen LogP contribution in [-0.4, -0.2) is 56.1 Å². The predicted octanol–water partition coefficient (Wildman–Crippen LogP) is 6.23. The highest BCUT2D eigenvalue weighted by Crippen LogP contribution is 2.46. The van der Waals surface area contributed by atoms with Crippen molar-refractivity contribution in [3.05, 3.63) is 96.1 Å². The van der Waals surface area contributed by atoms with Crippen LogP contribution in [0.15, 0.2) is 79.0 Å². The minimum absolute atomic E-state index is 0.0322. The van der Waals surface area contributed by atoms with Crippen molar-refractivity contribution in [1.29, 1.82) is 0 Å². The first-order chi connectivity index (χ1) is 22.0. The Labute approximate surface area is 273 Å². The standard InChI is InChI=1S/C35H39FN4O5S/c1-21(2)31-32(23-8-5-4-6-9-23)28(20-27(33(31)39-35(46)37-3)22-11-13-24(36)14-12-22)38-34(45)29-10-7-16-40(29)17-15-25(41)18-26(42)19-30(43)44/h4-14,16,20-21,25-26,41-42H,15,17-19H2,1-3H3,(H,38,45)(H,43,44)(H2,37,39,46)/t25-,26-/m1/s1. The molecule has 0 aliphatic rings. The molecule has 4 rings (SSSR count). The minimum atomic E-state index is -1.17. The number of carboxylic acids is 1.